The number of carbonyl (C=O) groups is 5. The Bertz CT molecular complexity index is 2580. The molecule has 5 rings (SSSR count). The largest absolute Gasteiger partial charge is 0.503 e. The van der Waals surface area contributed by atoms with Gasteiger partial charge >= 0.3 is 17.6 Å². The molecule has 27 heteroatoms. The fraction of sp³-hybridized carbons (Fsp3) is 0.672. The number of halogens is 3. The Hall–Kier alpha value is -5.91. The summed E-state index contributed by atoms with van der Waals surface area (Å²) in [5, 5.41) is 38.3. The summed E-state index contributed by atoms with van der Waals surface area (Å²) < 4.78 is 43.1. The minimum Gasteiger partial charge on any atom is -0.503 e. The number of carbonyl (C=O) groups excluding carboxylic acids is 5. The normalized spacial score (nSPS) is 15.3. The van der Waals surface area contributed by atoms with Gasteiger partial charge in [-0.2, -0.15) is 0 Å². The topological polar surface area (TPSA) is 344 Å². The molecule has 1 unspecified atom stereocenters. The number of fused-ring (bicyclic) bond motifs is 2. The number of aliphatic hydroxyl groups is 1. The SMILES string of the molecule is C.CNCC[C@H](C)N.CNCC[C@H](C)NC.CNCC[C@H](C)NC(=O)OC(C)(C)C.CN[C@@H](C)CCN.CO.C[C@@H](CCN)NC(=O)OC(C)(C)C.C[C@H]1CCN2C(=O)c3c(O)c(=O)c(C(=O)CCc4ccc(F)cc4F)cn3CC2N1C.O=C(Cl)OCc1ccccc1. The number of aliphatic hydroxyl groups excluding tert-OH is 1. The monoisotopic (exact) mass is 1360 g/mol. The van der Waals surface area contributed by atoms with Gasteiger partial charge in [-0.3, -0.25) is 19.3 Å². The van der Waals surface area contributed by atoms with Gasteiger partial charge in [0.1, 0.15) is 35.6 Å². The van der Waals surface area contributed by atoms with Gasteiger partial charge in [0.25, 0.3) is 5.91 Å². The number of nitrogens with two attached hydrogens (primary N) is 3. The number of hydrogen-bond donors (Lipinski definition) is 12. The molecule has 0 bridgehead atoms. The third kappa shape index (κ3) is 44.7. The van der Waals surface area contributed by atoms with E-state index < -0.39 is 51.1 Å². The maximum absolute atomic E-state index is 13.8. The maximum Gasteiger partial charge on any atom is 0.407 e. The van der Waals surface area contributed by atoms with Gasteiger partial charge in [-0.05, 0) is 220 Å². The Morgan fingerprint density at radius 1 is 0.734 bits per heavy atom. The molecule has 3 heterocycles. The Balaban J connectivity index is -0.000000546. The highest BCUT2D eigenvalue weighted by atomic mass is 35.5. The zero-order valence-electron chi connectivity index (χ0n) is 59.3. The quantitative estimate of drug-likeness (QED) is 0.0245. The van der Waals surface area contributed by atoms with E-state index in [1.807, 2.05) is 135 Å². The minimum absolute atomic E-state index is 0. The Morgan fingerprint density at radius 2 is 1.20 bits per heavy atom. The molecular weight excluding hydrogens is 1240 g/mol. The van der Waals surface area contributed by atoms with Crippen LogP contribution in [0.1, 0.15) is 167 Å². The van der Waals surface area contributed by atoms with Gasteiger partial charge in [-0.15, -0.1) is 0 Å². The number of pyridine rings is 1. The molecule has 0 aliphatic carbocycles. The van der Waals surface area contributed by atoms with Crippen molar-refractivity contribution in [3.63, 3.8) is 0 Å². The van der Waals surface area contributed by atoms with E-state index in [4.69, 9.17) is 43.4 Å². The molecule has 3 aromatic rings. The van der Waals surface area contributed by atoms with E-state index in [0.29, 0.717) is 37.8 Å². The van der Waals surface area contributed by atoms with Crippen molar-refractivity contribution in [2.45, 2.75) is 209 Å². The third-order valence-corrected chi connectivity index (χ3v) is 13.8. The first-order valence-electron chi connectivity index (χ1n) is 31.8. The fourth-order valence-electron chi connectivity index (χ4n) is 8.05. The molecule has 1 fully saturated rings. The molecule has 544 valence electrons. The van der Waals surface area contributed by atoms with Crippen LogP contribution in [0.15, 0.2) is 59.5 Å². The molecule has 1 saturated heterocycles. The van der Waals surface area contributed by atoms with Crippen LogP contribution in [0, 0.1) is 11.6 Å². The van der Waals surface area contributed by atoms with Crippen LogP contribution >= 0.6 is 11.6 Å². The van der Waals surface area contributed by atoms with Gasteiger partial charge in [0, 0.05) is 80.2 Å². The van der Waals surface area contributed by atoms with Crippen molar-refractivity contribution in [2.24, 2.45) is 17.2 Å². The molecule has 7 atom stereocenters. The minimum atomic E-state index is -0.915. The number of likely N-dealkylation sites (N-methyl/N-ethyl adjacent to an activating group) is 1. The van der Waals surface area contributed by atoms with Crippen LogP contribution in [0.25, 0.3) is 0 Å². The Kier molecular flexibility index (Phi) is 53.5. The number of benzene rings is 2. The molecule has 15 N–H and O–H groups in total. The molecule has 24 nitrogen and oxygen atoms in total. The van der Waals surface area contributed by atoms with Gasteiger partial charge in [-0.25, -0.2) is 23.2 Å². The van der Waals surface area contributed by atoms with Crippen molar-refractivity contribution in [1.29, 1.82) is 0 Å². The molecule has 0 spiro atoms. The summed E-state index contributed by atoms with van der Waals surface area (Å²) in [5.41, 5.74) is 14.2. The first-order valence-corrected chi connectivity index (χ1v) is 32.1. The Labute approximate surface area is 566 Å². The Morgan fingerprint density at radius 3 is 1.63 bits per heavy atom. The van der Waals surface area contributed by atoms with Crippen molar-refractivity contribution >= 4 is 40.9 Å². The summed E-state index contributed by atoms with van der Waals surface area (Å²) in [6, 6.07) is 14.5. The molecular formula is C67H124ClF2N13O11. The zero-order valence-corrected chi connectivity index (χ0v) is 60.1. The first kappa shape index (κ1) is 94.5. The lowest BCUT2D eigenvalue weighted by atomic mass is 10.0. The van der Waals surface area contributed by atoms with Gasteiger partial charge in [0.2, 0.25) is 5.43 Å². The van der Waals surface area contributed by atoms with E-state index in [-0.39, 0.29) is 80.2 Å². The van der Waals surface area contributed by atoms with Crippen LogP contribution in [0.4, 0.5) is 23.2 Å². The van der Waals surface area contributed by atoms with Gasteiger partial charge in [0.15, 0.2) is 17.2 Å². The van der Waals surface area contributed by atoms with Crippen LogP contribution in [0.2, 0.25) is 0 Å². The van der Waals surface area contributed by atoms with Gasteiger partial charge in [0.05, 0.1) is 12.1 Å². The number of nitrogens with zero attached hydrogens (tertiary/aromatic N) is 3. The smallest absolute Gasteiger partial charge is 0.407 e. The molecule has 2 aliphatic heterocycles. The number of rotatable bonds is 23. The van der Waals surface area contributed by atoms with E-state index in [2.05, 4.69) is 67.6 Å². The number of alkyl carbamates (subject to hydrolysis) is 2. The fourth-order valence-corrected chi connectivity index (χ4v) is 8.11. The number of hydrogen-bond acceptors (Lipinski definition) is 20. The molecule has 2 aliphatic rings. The number of nitrogens with one attached hydrogen (secondary N) is 7. The molecule has 3 amide bonds. The molecule has 2 aromatic carbocycles. The lowest BCUT2D eigenvalue weighted by Crippen LogP contribution is -2.62. The highest BCUT2D eigenvalue weighted by Gasteiger charge is 2.41. The summed E-state index contributed by atoms with van der Waals surface area (Å²) in [5.74, 6) is -3.26. The van der Waals surface area contributed by atoms with E-state index in [0.717, 1.165) is 83.1 Å². The van der Waals surface area contributed by atoms with Crippen LogP contribution in [-0.4, -0.2) is 196 Å². The molecule has 94 heavy (non-hydrogen) atoms. The molecule has 0 radical (unpaired) electrons. The number of amides is 3. The summed E-state index contributed by atoms with van der Waals surface area (Å²) in [4.78, 5) is 74.6. The molecule has 0 saturated carbocycles. The predicted molar refractivity (Wildman–Crippen MR) is 377 cm³/mol. The summed E-state index contributed by atoms with van der Waals surface area (Å²) in [6.07, 6.45) is 5.88. The highest BCUT2D eigenvalue weighted by molar-refractivity contribution is 6.61. The van der Waals surface area contributed by atoms with E-state index in [9.17, 15) is 42.7 Å². The predicted octanol–water partition coefficient (Wildman–Crippen LogP) is 7.81. The number of ether oxygens (including phenoxy) is 3. The second-order valence-corrected chi connectivity index (χ2v) is 24.8. The number of Topliss-reactive ketones (excluding diaryl/α,β-unsaturated/α-hetero) is 1. The average Bonchev–Trinajstić information content (AvgIpc) is 0.748. The standard InChI is InChI=1S/C22H23F2N3O4.C10H22N2O2.C9H20N2O2.C8H7ClO2.C6H16N2.2C5H14N2.CH4O.CH4/c1-12-7-8-27-18(25(12)2)11-26-10-15(20(29)21(30)19(26)22(27)31)17(28)6-4-13-3-5-14(23)9-16(13)24;1-8(6-7-11-5)12-9(13)14-10(2,3)4;1-7(5-6-10)11-8(12)13-9(2,3)4;9-8(10)11-6-7-4-2-1-3-5-7;1-6(8-3)4-5-7-2;1-5(6)3-4-7-2;1-5(7-2)3-4-6;1-2;/h3,5,9-10,12,18,30H,4,6-8,11H2,1-2H3;8,11H,6-7H2,1-5H3,(H,12,13);7H,5-6,10H2,1-4H3,(H,11,12);1-5H,6H2;6-8H,4-5H2,1-3H3;2*5,7H,3-4,6H2,1-2H3;2H,1H3;1H4/t12-,18?;8-;7-;;6-;2*5-;;/m000.000../s1. The number of ketones is 1. The summed E-state index contributed by atoms with van der Waals surface area (Å²) in [6.45, 7) is 28.7. The second-order valence-electron chi connectivity index (χ2n) is 24.5. The van der Waals surface area contributed by atoms with E-state index in [1.165, 1.54) is 23.3 Å². The van der Waals surface area contributed by atoms with Crippen molar-refractivity contribution < 1.29 is 57.2 Å². The van der Waals surface area contributed by atoms with E-state index >= 15 is 0 Å². The number of aromatic nitrogens is 1. The van der Waals surface area contributed by atoms with Gasteiger partial charge < -0.3 is 88.3 Å². The van der Waals surface area contributed by atoms with Crippen molar-refractivity contribution in [3.05, 3.63) is 99.0 Å². The van der Waals surface area contributed by atoms with Crippen LogP contribution in [0.5, 0.6) is 5.75 Å². The molecule has 1 aromatic heterocycles. The van der Waals surface area contributed by atoms with E-state index in [1.54, 1.807) is 4.90 Å². The summed E-state index contributed by atoms with van der Waals surface area (Å²) in [7, 11) is 12.6. The highest BCUT2D eigenvalue weighted by Crippen LogP contribution is 2.29. The first-order chi connectivity index (χ1) is 43.6. The number of aryl methyl sites for hydroxylation is 1. The van der Waals surface area contributed by atoms with Crippen molar-refractivity contribution in [2.75, 3.05) is 88.7 Å². The lowest BCUT2D eigenvalue weighted by molar-refractivity contribution is -0.0196. The number of aromatic hydroxyl groups is 1. The maximum atomic E-state index is 13.8. The average molecular weight is 1360 g/mol. The van der Waals surface area contributed by atoms with Crippen LogP contribution in [0.3, 0.4) is 0 Å². The van der Waals surface area contributed by atoms with Crippen molar-refractivity contribution in [3.8, 4) is 5.75 Å². The second kappa shape index (κ2) is 53.3. The third-order valence-electron chi connectivity index (χ3n) is 13.7. The van der Waals surface area contributed by atoms with Crippen molar-refractivity contribution in [1.82, 2.24) is 51.6 Å². The summed E-state index contributed by atoms with van der Waals surface area (Å²) >= 11 is 4.97. The zero-order chi connectivity index (χ0) is 72.0. The van der Waals surface area contributed by atoms with Crippen LogP contribution in [-0.2, 0) is 33.8 Å². The van der Waals surface area contributed by atoms with Crippen LogP contribution < -0.4 is 59.8 Å². The lowest BCUT2D eigenvalue weighted by Gasteiger charge is -2.48. The van der Waals surface area contributed by atoms with Gasteiger partial charge in [-0.1, -0.05) is 43.8 Å².